The van der Waals surface area contributed by atoms with E-state index in [4.69, 9.17) is 4.78 Å². The van der Waals surface area contributed by atoms with E-state index in [2.05, 4.69) is 6.92 Å². The van der Waals surface area contributed by atoms with Crippen LogP contribution in [0.2, 0.25) is 0 Å². The fourth-order valence-corrected chi connectivity index (χ4v) is 3.24. The molecule has 1 saturated heterocycles. The summed E-state index contributed by atoms with van der Waals surface area (Å²) in [4.78, 5) is 0. The minimum Gasteiger partial charge on any atom is -0.240 e. The Hall–Kier alpha value is -0.0900. The molecule has 0 spiro atoms. The van der Waals surface area contributed by atoms with Crippen molar-refractivity contribution in [3.8, 4) is 0 Å². The standard InChI is InChI=1S/C10H22N2OS/c1-4-10-5-7-12(8-6-10)14(11,13)9(2)3/h9-11H,4-8H2,1-3H3. The minimum atomic E-state index is -2.50. The van der Waals surface area contributed by atoms with E-state index in [-0.39, 0.29) is 5.25 Å². The summed E-state index contributed by atoms with van der Waals surface area (Å²) in [5.74, 6) is 0.786. The van der Waals surface area contributed by atoms with Gasteiger partial charge in [0.2, 0.25) is 0 Å². The van der Waals surface area contributed by atoms with E-state index >= 15 is 0 Å². The zero-order valence-electron chi connectivity index (χ0n) is 9.45. The van der Waals surface area contributed by atoms with Crippen LogP contribution in [0.1, 0.15) is 40.0 Å². The van der Waals surface area contributed by atoms with E-state index in [1.165, 1.54) is 6.42 Å². The Kier molecular flexibility index (Phi) is 3.95. The second-order valence-electron chi connectivity index (χ2n) is 4.40. The first-order valence-corrected chi connectivity index (χ1v) is 7.09. The van der Waals surface area contributed by atoms with Crippen LogP contribution in [-0.2, 0) is 9.92 Å². The molecule has 1 fully saturated rings. The molecule has 1 unspecified atom stereocenters. The van der Waals surface area contributed by atoms with Crippen LogP contribution in [-0.4, -0.2) is 26.9 Å². The first-order chi connectivity index (χ1) is 6.48. The lowest BCUT2D eigenvalue weighted by molar-refractivity contribution is 0.274. The highest BCUT2D eigenvalue weighted by atomic mass is 32.2. The van der Waals surface area contributed by atoms with E-state index in [9.17, 15) is 4.21 Å². The van der Waals surface area contributed by atoms with Crippen molar-refractivity contribution < 1.29 is 4.21 Å². The fourth-order valence-electron chi connectivity index (χ4n) is 1.89. The predicted molar refractivity (Wildman–Crippen MR) is 60.6 cm³/mol. The Labute approximate surface area is 88.0 Å². The molecule has 0 amide bonds. The Balaban J connectivity index is 2.58. The normalized spacial score (nSPS) is 25.1. The number of hydrogen-bond acceptors (Lipinski definition) is 2. The molecule has 0 aromatic carbocycles. The van der Waals surface area contributed by atoms with E-state index in [1.807, 2.05) is 18.2 Å². The highest BCUT2D eigenvalue weighted by Crippen LogP contribution is 2.23. The van der Waals surface area contributed by atoms with Crippen molar-refractivity contribution in [2.45, 2.75) is 45.3 Å². The van der Waals surface area contributed by atoms with E-state index in [1.54, 1.807) is 0 Å². The second-order valence-corrected chi connectivity index (χ2v) is 6.99. The average molecular weight is 218 g/mol. The summed E-state index contributed by atoms with van der Waals surface area (Å²) in [6, 6.07) is 0. The van der Waals surface area contributed by atoms with E-state index < -0.39 is 9.92 Å². The third-order valence-electron chi connectivity index (χ3n) is 3.17. The van der Waals surface area contributed by atoms with Crippen LogP contribution in [0.3, 0.4) is 0 Å². The molecule has 1 rings (SSSR count). The van der Waals surface area contributed by atoms with Crippen LogP contribution in [0.5, 0.6) is 0 Å². The summed E-state index contributed by atoms with van der Waals surface area (Å²) in [5, 5.41) is -0.0549. The summed E-state index contributed by atoms with van der Waals surface area (Å²) in [5.41, 5.74) is 0. The maximum atomic E-state index is 12.0. The van der Waals surface area contributed by atoms with Crippen molar-refractivity contribution in [1.82, 2.24) is 4.31 Å². The van der Waals surface area contributed by atoms with E-state index in [0.717, 1.165) is 31.8 Å². The van der Waals surface area contributed by atoms with Crippen molar-refractivity contribution in [2.75, 3.05) is 13.1 Å². The van der Waals surface area contributed by atoms with Crippen molar-refractivity contribution in [2.24, 2.45) is 5.92 Å². The number of nitrogens with one attached hydrogen (secondary N) is 1. The van der Waals surface area contributed by atoms with Crippen LogP contribution in [0, 0.1) is 10.7 Å². The lowest BCUT2D eigenvalue weighted by Crippen LogP contribution is -2.41. The van der Waals surface area contributed by atoms with Crippen LogP contribution >= 0.6 is 0 Å². The lowest BCUT2D eigenvalue weighted by atomic mass is 9.96. The molecule has 1 atom stereocenters. The van der Waals surface area contributed by atoms with Gasteiger partial charge in [0.05, 0.1) is 5.25 Å². The molecule has 0 aromatic rings. The Morgan fingerprint density at radius 3 is 2.29 bits per heavy atom. The average Bonchev–Trinajstić information content (AvgIpc) is 2.17. The molecule has 0 aromatic heterocycles. The lowest BCUT2D eigenvalue weighted by Gasteiger charge is -2.33. The molecule has 0 saturated carbocycles. The van der Waals surface area contributed by atoms with Gasteiger partial charge < -0.3 is 0 Å². The zero-order chi connectivity index (χ0) is 10.8. The quantitative estimate of drug-likeness (QED) is 0.777. The van der Waals surface area contributed by atoms with Gasteiger partial charge in [-0.2, -0.15) is 0 Å². The number of piperidine rings is 1. The van der Waals surface area contributed by atoms with Crippen LogP contribution in [0.15, 0.2) is 0 Å². The van der Waals surface area contributed by atoms with Gasteiger partial charge in [0, 0.05) is 13.1 Å². The van der Waals surface area contributed by atoms with Gasteiger partial charge in [-0.25, -0.2) is 13.3 Å². The van der Waals surface area contributed by atoms with Gasteiger partial charge in [-0.3, -0.25) is 0 Å². The maximum Gasteiger partial charge on any atom is 0.110 e. The topological polar surface area (TPSA) is 44.2 Å². The first kappa shape index (κ1) is 12.0. The third kappa shape index (κ3) is 2.48. The maximum absolute atomic E-state index is 12.0. The smallest absolute Gasteiger partial charge is 0.110 e. The molecule has 1 N–H and O–H groups in total. The van der Waals surface area contributed by atoms with Crippen molar-refractivity contribution >= 4 is 9.92 Å². The molecule has 4 heteroatoms. The monoisotopic (exact) mass is 218 g/mol. The summed E-state index contributed by atoms with van der Waals surface area (Å²) in [6.07, 6.45) is 3.44. The summed E-state index contributed by atoms with van der Waals surface area (Å²) < 4.78 is 21.8. The SMILES string of the molecule is CCC1CCN(S(=N)(=O)C(C)C)CC1. The molecule has 1 heterocycles. The number of hydrogen-bond donors (Lipinski definition) is 1. The van der Waals surface area contributed by atoms with Gasteiger partial charge in [-0.05, 0) is 32.6 Å². The summed E-state index contributed by atoms with van der Waals surface area (Å²) in [6.45, 7) is 7.65. The Morgan fingerprint density at radius 1 is 1.43 bits per heavy atom. The highest BCUT2D eigenvalue weighted by Gasteiger charge is 2.26. The molecular weight excluding hydrogens is 196 g/mol. The van der Waals surface area contributed by atoms with Gasteiger partial charge >= 0.3 is 0 Å². The van der Waals surface area contributed by atoms with Crippen LogP contribution in [0.25, 0.3) is 0 Å². The molecule has 1 aliphatic heterocycles. The third-order valence-corrected chi connectivity index (χ3v) is 5.58. The molecule has 0 aliphatic carbocycles. The van der Waals surface area contributed by atoms with Crippen molar-refractivity contribution in [3.05, 3.63) is 0 Å². The number of nitrogens with zero attached hydrogens (tertiary/aromatic N) is 1. The van der Waals surface area contributed by atoms with Gasteiger partial charge in [0.15, 0.2) is 0 Å². The minimum absolute atomic E-state index is 0.0549. The second kappa shape index (κ2) is 4.62. The molecule has 3 nitrogen and oxygen atoms in total. The zero-order valence-corrected chi connectivity index (χ0v) is 10.3. The molecule has 1 aliphatic rings. The number of rotatable bonds is 3. The highest BCUT2D eigenvalue weighted by molar-refractivity contribution is 7.90. The molecule has 0 bridgehead atoms. The summed E-state index contributed by atoms with van der Waals surface area (Å²) >= 11 is 0. The first-order valence-electron chi connectivity index (χ1n) is 5.51. The Bertz CT molecular complexity index is 264. The molecule has 14 heavy (non-hydrogen) atoms. The van der Waals surface area contributed by atoms with Gasteiger partial charge in [-0.1, -0.05) is 13.3 Å². The van der Waals surface area contributed by atoms with Gasteiger partial charge in [0.1, 0.15) is 9.92 Å². The summed E-state index contributed by atoms with van der Waals surface area (Å²) in [7, 11) is -2.50. The van der Waals surface area contributed by atoms with Crippen LogP contribution in [0.4, 0.5) is 0 Å². The van der Waals surface area contributed by atoms with Crippen molar-refractivity contribution in [3.63, 3.8) is 0 Å². The fraction of sp³-hybridized carbons (Fsp3) is 1.00. The van der Waals surface area contributed by atoms with Gasteiger partial charge in [-0.15, -0.1) is 0 Å². The molecular formula is C10H22N2OS. The Morgan fingerprint density at radius 2 is 1.93 bits per heavy atom. The largest absolute Gasteiger partial charge is 0.240 e. The van der Waals surface area contributed by atoms with Crippen LogP contribution < -0.4 is 0 Å². The van der Waals surface area contributed by atoms with Crippen molar-refractivity contribution in [1.29, 1.82) is 4.78 Å². The van der Waals surface area contributed by atoms with E-state index in [0.29, 0.717) is 0 Å². The van der Waals surface area contributed by atoms with Gasteiger partial charge in [0.25, 0.3) is 0 Å². The molecule has 84 valence electrons. The molecule has 0 radical (unpaired) electrons. The predicted octanol–water partition coefficient (Wildman–Crippen LogP) is 2.48.